The number of likely N-dealkylation sites (tertiary alicyclic amines) is 1. The van der Waals surface area contributed by atoms with Crippen LogP contribution >= 0.6 is 11.6 Å². The van der Waals surface area contributed by atoms with Crippen molar-refractivity contribution < 1.29 is 9.53 Å². The minimum Gasteiger partial charge on any atom is -0.377 e. The third-order valence-corrected chi connectivity index (χ3v) is 4.79. The maximum atomic E-state index is 12.5. The van der Waals surface area contributed by atoms with Gasteiger partial charge < -0.3 is 9.64 Å². The molecule has 0 aromatic heterocycles. The van der Waals surface area contributed by atoms with E-state index in [1.54, 1.807) is 0 Å². The lowest BCUT2D eigenvalue weighted by molar-refractivity contribution is -0.138. The Morgan fingerprint density at radius 3 is 2.61 bits per heavy atom. The standard InChI is InChI=1S/C14H24ClNO2/c1-3-13-12(6-9-18-13)14(17)16-7-4-11(5-8-16)10(2)15/h10-13H,3-9H2,1-2H3. The number of hydrogen-bond acceptors (Lipinski definition) is 2. The first kappa shape index (κ1) is 14.1. The number of amides is 1. The molecule has 2 rings (SSSR count). The Kier molecular flexibility index (Phi) is 4.91. The van der Waals surface area contributed by atoms with Gasteiger partial charge in [-0.3, -0.25) is 4.79 Å². The van der Waals surface area contributed by atoms with Gasteiger partial charge >= 0.3 is 0 Å². The summed E-state index contributed by atoms with van der Waals surface area (Å²) in [6, 6.07) is 0. The summed E-state index contributed by atoms with van der Waals surface area (Å²) < 4.78 is 5.62. The summed E-state index contributed by atoms with van der Waals surface area (Å²) in [7, 11) is 0. The van der Waals surface area contributed by atoms with Crippen LogP contribution in [0.5, 0.6) is 0 Å². The zero-order valence-electron chi connectivity index (χ0n) is 11.4. The molecule has 0 aromatic rings. The predicted octanol–water partition coefficient (Wildman–Crippen LogP) is 2.67. The van der Waals surface area contributed by atoms with Crippen LogP contribution in [0.3, 0.4) is 0 Å². The minimum atomic E-state index is 0.0972. The smallest absolute Gasteiger partial charge is 0.228 e. The monoisotopic (exact) mass is 273 g/mol. The van der Waals surface area contributed by atoms with Crippen molar-refractivity contribution in [2.24, 2.45) is 11.8 Å². The van der Waals surface area contributed by atoms with Gasteiger partial charge in [0, 0.05) is 25.1 Å². The Bertz CT molecular complexity index is 288. The highest BCUT2D eigenvalue weighted by molar-refractivity contribution is 6.20. The van der Waals surface area contributed by atoms with Crippen LogP contribution in [-0.2, 0) is 9.53 Å². The van der Waals surface area contributed by atoms with Crippen molar-refractivity contribution in [1.29, 1.82) is 0 Å². The van der Waals surface area contributed by atoms with Gasteiger partial charge in [-0.1, -0.05) is 6.92 Å². The van der Waals surface area contributed by atoms with Gasteiger partial charge in [-0.25, -0.2) is 0 Å². The van der Waals surface area contributed by atoms with E-state index in [1.807, 2.05) is 4.90 Å². The summed E-state index contributed by atoms with van der Waals surface area (Å²) in [6.07, 6.45) is 4.05. The van der Waals surface area contributed by atoms with E-state index >= 15 is 0 Å². The molecule has 0 spiro atoms. The number of ether oxygens (including phenoxy) is 1. The zero-order chi connectivity index (χ0) is 13.1. The van der Waals surface area contributed by atoms with E-state index in [9.17, 15) is 4.79 Å². The number of carbonyl (C=O) groups is 1. The van der Waals surface area contributed by atoms with Crippen molar-refractivity contribution >= 4 is 17.5 Å². The van der Waals surface area contributed by atoms with E-state index < -0.39 is 0 Å². The van der Waals surface area contributed by atoms with Crippen LogP contribution in [0.25, 0.3) is 0 Å². The third-order valence-electron chi connectivity index (χ3n) is 4.43. The van der Waals surface area contributed by atoms with Crippen LogP contribution in [0, 0.1) is 11.8 Å². The van der Waals surface area contributed by atoms with Crippen molar-refractivity contribution in [1.82, 2.24) is 4.90 Å². The molecular formula is C14H24ClNO2. The highest BCUT2D eigenvalue weighted by Crippen LogP contribution is 2.29. The van der Waals surface area contributed by atoms with E-state index in [0.717, 1.165) is 45.4 Å². The number of alkyl halides is 1. The molecule has 104 valence electrons. The number of nitrogens with zero attached hydrogens (tertiary/aromatic N) is 1. The molecule has 3 atom stereocenters. The molecule has 0 bridgehead atoms. The second-order valence-corrected chi connectivity index (χ2v) is 6.24. The lowest BCUT2D eigenvalue weighted by Crippen LogP contribution is -2.44. The Labute approximate surface area is 115 Å². The van der Waals surface area contributed by atoms with Crippen LogP contribution in [-0.4, -0.2) is 42.0 Å². The molecule has 3 nitrogen and oxygen atoms in total. The predicted molar refractivity (Wildman–Crippen MR) is 72.8 cm³/mol. The second kappa shape index (κ2) is 6.25. The molecule has 4 heteroatoms. The van der Waals surface area contributed by atoms with Crippen LogP contribution in [0.1, 0.15) is 39.5 Å². The molecule has 3 unspecified atom stereocenters. The van der Waals surface area contributed by atoms with Gasteiger partial charge in [0.15, 0.2) is 0 Å². The van der Waals surface area contributed by atoms with Gasteiger partial charge in [-0.2, -0.15) is 0 Å². The SMILES string of the molecule is CCC1OCCC1C(=O)N1CCC(C(C)Cl)CC1. The third kappa shape index (κ3) is 3.00. The Balaban J connectivity index is 1.87. The van der Waals surface area contributed by atoms with Crippen LogP contribution in [0.4, 0.5) is 0 Å². The molecule has 1 amide bonds. The fourth-order valence-electron chi connectivity index (χ4n) is 3.15. The van der Waals surface area contributed by atoms with Crippen LogP contribution in [0.2, 0.25) is 0 Å². The van der Waals surface area contributed by atoms with E-state index in [1.165, 1.54) is 0 Å². The normalized spacial score (nSPS) is 31.6. The number of hydrogen-bond donors (Lipinski definition) is 0. The van der Waals surface area contributed by atoms with Gasteiger partial charge in [0.2, 0.25) is 5.91 Å². The molecule has 18 heavy (non-hydrogen) atoms. The Morgan fingerprint density at radius 2 is 2.06 bits per heavy atom. The summed E-state index contributed by atoms with van der Waals surface area (Å²) >= 11 is 6.13. The summed E-state index contributed by atoms with van der Waals surface area (Å²) in [4.78, 5) is 14.5. The number of carbonyl (C=O) groups excluding carboxylic acids is 1. The Hall–Kier alpha value is -0.280. The maximum absolute atomic E-state index is 12.5. The van der Waals surface area contributed by atoms with Gasteiger partial charge in [0.25, 0.3) is 0 Å². The summed E-state index contributed by atoms with van der Waals surface area (Å²) in [5, 5.41) is 0.223. The second-order valence-electron chi connectivity index (χ2n) is 5.55. The summed E-state index contributed by atoms with van der Waals surface area (Å²) in [6.45, 7) is 6.63. The summed E-state index contributed by atoms with van der Waals surface area (Å²) in [5.74, 6) is 0.970. The first-order valence-corrected chi connectivity index (χ1v) is 7.61. The van der Waals surface area contributed by atoms with E-state index in [-0.39, 0.29) is 17.4 Å². The lowest BCUT2D eigenvalue weighted by Gasteiger charge is -2.35. The highest BCUT2D eigenvalue weighted by Gasteiger charge is 2.36. The highest BCUT2D eigenvalue weighted by atomic mass is 35.5. The fourth-order valence-corrected chi connectivity index (χ4v) is 3.40. The van der Waals surface area contributed by atoms with Crippen molar-refractivity contribution in [3.8, 4) is 0 Å². The molecule has 0 radical (unpaired) electrons. The summed E-state index contributed by atoms with van der Waals surface area (Å²) in [5.41, 5.74) is 0. The average molecular weight is 274 g/mol. The maximum Gasteiger partial charge on any atom is 0.228 e. The molecule has 0 N–H and O–H groups in total. The van der Waals surface area contributed by atoms with Crippen molar-refractivity contribution in [3.05, 3.63) is 0 Å². The molecule has 2 saturated heterocycles. The molecule has 2 fully saturated rings. The zero-order valence-corrected chi connectivity index (χ0v) is 12.2. The number of rotatable bonds is 3. The van der Waals surface area contributed by atoms with Crippen molar-refractivity contribution in [2.45, 2.75) is 51.0 Å². The number of halogens is 1. The Morgan fingerprint density at radius 1 is 1.39 bits per heavy atom. The van der Waals surface area contributed by atoms with E-state index in [2.05, 4.69) is 13.8 Å². The van der Waals surface area contributed by atoms with E-state index in [0.29, 0.717) is 11.8 Å². The van der Waals surface area contributed by atoms with Gasteiger partial charge in [-0.15, -0.1) is 11.6 Å². The van der Waals surface area contributed by atoms with Gasteiger partial charge in [-0.05, 0) is 38.5 Å². The topological polar surface area (TPSA) is 29.5 Å². The molecule has 0 aromatic carbocycles. The number of piperidine rings is 1. The lowest BCUT2D eigenvalue weighted by atomic mass is 9.91. The largest absolute Gasteiger partial charge is 0.377 e. The minimum absolute atomic E-state index is 0.0972. The quantitative estimate of drug-likeness (QED) is 0.740. The fraction of sp³-hybridized carbons (Fsp3) is 0.929. The average Bonchev–Trinajstić information content (AvgIpc) is 2.86. The molecule has 2 aliphatic heterocycles. The van der Waals surface area contributed by atoms with Gasteiger partial charge in [0.05, 0.1) is 12.0 Å². The van der Waals surface area contributed by atoms with Crippen molar-refractivity contribution in [3.63, 3.8) is 0 Å². The molecule has 2 aliphatic rings. The molecule has 0 aliphatic carbocycles. The molecule has 2 heterocycles. The first-order chi connectivity index (χ1) is 8.63. The van der Waals surface area contributed by atoms with Crippen LogP contribution in [0.15, 0.2) is 0 Å². The van der Waals surface area contributed by atoms with Crippen LogP contribution < -0.4 is 0 Å². The molecule has 0 saturated carbocycles. The first-order valence-electron chi connectivity index (χ1n) is 7.18. The van der Waals surface area contributed by atoms with Crippen molar-refractivity contribution in [2.75, 3.05) is 19.7 Å². The molecular weight excluding hydrogens is 250 g/mol. The van der Waals surface area contributed by atoms with E-state index in [4.69, 9.17) is 16.3 Å². The van der Waals surface area contributed by atoms with Gasteiger partial charge in [0.1, 0.15) is 0 Å².